The molecule has 1 unspecified atom stereocenters. The molecule has 0 radical (unpaired) electrons. The molecule has 7 heteroatoms. The van der Waals surface area contributed by atoms with Crippen molar-refractivity contribution < 1.29 is 23.1 Å². The maximum atomic E-state index is 14.2. The predicted octanol–water partition coefficient (Wildman–Crippen LogP) is 4.93. The van der Waals surface area contributed by atoms with Crippen LogP contribution in [0, 0.1) is 11.6 Å². The number of ether oxygens (including phenoxy) is 1. The highest BCUT2D eigenvalue weighted by atomic mass is 19.1. The van der Waals surface area contributed by atoms with Crippen molar-refractivity contribution in [1.82, 2.24) is 0 Å². The molecule has 0 spiro atoms. The highest BCUT2D eigenvalue weighted by Gasteiger charge is 2.32. The van der Waals surface area contributed by atoms with E-state index in [-0.39, 0.29) is 18.3 Å². The first-order chi connectivity index (χ1) is 15.4. The summed E-state index contributed by atoms with van der Waals surface area (Å²) in [6, 6.07) is 16.9. The minimum absolute atomic E-state index is 0.0358. The molecule has 0 bridgehead atoms. The molecule has 32 heavy (non-hydrogen) atoms. The summed E-state index contributed by atoms with van der Waals surface area (Å²) in [7, 11) is 0. The quantitative estimate of drug-likeness (QED) is 0.580. The van der Waals surface area contributed by atoms with E-state index in [1.807, 2.05) is 0 Å². The van der Waals surface area contributed by atoms with E-state index in [2.05, 4.69) is 5.32 Å². The molecule has 4 rings (SSSR count). The van der Waals surface area contributed by atoms with E-state index in [0.29, 0.717) is 28.3 Å². The number of hydrogen-bond donors (Lipinski definition) is 1. The van der Waals surface area contributed by atoms with Crippen LogP contribution in [-0.4, -0.2) is 17.9 Å². The first-order valence-corrected chi connectivity index (χ1v) is 10.0. The molecule has 1 atom stereocenters. The van der Waals surface area contributed by atoms with Crippen LogP contribution in [0.25, 0.3) is 6.08 Å². The number of hydrogen-bond acceptors (Lipinski definition) is 3. The van der Waals surface area contributed by atoms with Crippen LogP contribution < -0.4 is 15.0 Å². The lowest BCUT2D eigenvalue weighted by molar-refractivity contribution is -0.125. The van der Waals surface area contributed by atoms with Gasteiger partial charge in [-0.2, -0.15) is 0 Å². The molecular formula is C25H20F2N2O3. The van der Waals surface area contributed by atoms with Crippen LogP contribution in [0.4, 0.5) is 20.2 Å². The zero-order valence-electron chi connectivity index (χ0n) is 17.2. The Bertz CT molecular complexity index is 1190. The molecule has 0 aliphatic carbocycles. The van der Waals surface area contributed by atoms with Crippen LogP contribution in [0.3, 0.4) is 0 Å². The monoisotopic (exact) mass is 434 g/mol. The van der Waals surface area contributed by atoms with Crippen LogP contribution in [0.1, 0.15) is 18.1 Å². The lowest BCUT2D eigenvalue weighted by Crippen LogP contribution is -2.44. The van der Waals surface area contributed by atoms with Crippen LogP contribution in [-0.2, 0) is 16.1 Å². The van der Waals surface area contributed by atoms with Crippen molar-refractivity contribution in [1.29, 1.82) is 0 Å². The summed E-state index contributed by atoms with van der Waals surface area (Å²) in [5.41, 5.74) is 1.94. The third kappa shape index (κ3) is 4.67. The van der Waals surface area contributed by atoms with Crippen LogP contribution in [0.2, 0.25) is 0 Å². The number of amides is 2. The highest BCUT2D eigenvalue weighted by molar-refractivity contribution is 6.04. The smallest absolute Gasteiger partial charge is 0.268 e. The molecule has 1 N–H and O–H groups in total. The summed E-state index contributed by atoms with van der Waals surface area (Å²) in [4.78, 5) is 26.5. The number of nitrogens with one attached hydrogen (secondary N) is 1. The van der Waals surface area contributed by atoms with Gasteiger partial charge in [-0.1, -0.05) is 30.3 Å². The number of rotatable bonds is 5. The first-order valence-electron chi connectivity index (χ1n) is 10.0. The number of halogens is 2. The molecule has 5 nitrogen and oxygen atoms in total. The second-order valence-electron chi connectivity index (χ2n) is 7.33. The van der Waals surface area contributed by atoms with E-state index in [9.17, 15) is 18.4 Å². The van der Waals surface area contributed by atoms with E-state index in [4.69, 9.17) is 4.74 Å². The Hall–Kier alpha value is -4.00. The average Bonchev–Trinajstić information content (AvgIpc) is 2.78. The fourth-order valence-corrected chi connectivity index (χ4v) is 3.37. The molecule has 1 aliphatic heterocycles. The lowest BCUT2D eigenvalue weighted by Gasteiger charge is -2.33. The molecule has 1 aliphatic rings. The Morgan fingerprint density at radius 2 is 1.84 bits per heavy atom. The highest BCUT2D eigenvalue weighted by Crippen LogP contribution is 2.37. The Kier molecular flexibility index (Phi) is 5.98. The van der Waals surface area contributed by atoms with Gasteiger partial charge >= 0.3 is 0 Å². The third-order valence-corrected chi connectivity index (χ3v) is 5.02. The summed E-state index contributed by atoms with van der Waals surface area (Å²) in [5, 5.41) is 2.73. The van der Waals surface area contributed by atoms with E-state index < -0.39 is 17.8 Å². The number of carbonyl (C=O) groups is 2. The van der Waals surface area contributed by atoms with Gasteiger partial charge in [0.2, 0.25) is 5.91 Å². The topological polar surface area (TPSA) is 58.6 Å². The normalized spacial score (nSPS) is 15.4. The first kappa shape index (κ1) is 21.2. The van der Waals surface area contributed by atoms with E-state index in [1.54, 1.807) is 61.5 Å². The number of benzene rings is 3. The number of fused-ring (bicyclic) bond motifs is 1. The molecule has 2 amide bonds. The van der Waals surface area contributed by atoms with Gasteiger partial charge in [0.15, 0.2) is 6.10 Å². The lowest BCUT2D eigenvalue weighted by atomic mass is 10.1. The predicted molar refractivity (Wildman–Crippen MR) is 118 cm³/mol. The second kappa shape index (κ2) is 9.01. The van der Waals surface area contributed by atoms with Crippen LogP contribution >= 0.6 is 0 Å². The maximum Gasteiger partial charge on any atom is 0.268 e. The van der Waals surface area contributed by atoms with E-state index in [0.717, 1.165) is 0 Å². The zero-order valence-corrected chi connectivity index (χ0v) is 17.2. The standard InChI is InChI=1S/C25H20F2N2O3/c1-16-25(31)29(15-18-4-2-3-5-21(18)27)22-14-20(11-12-23(22)32-16)28-24(30)13-8-17-6-9-19(26)10-7-17/h2-14,16H,15H2,1H3,(H,28,30)/b13-8+. The molecule has 162 valence electrons. The van der Waals surface area contributed by atoms with Crippen LogP contribution in [0.5, 0.6) is 5.75 Å². The third-order valence-electron chi connectivity index (χ3n) is 5.02. The van der Waals surface area contributed by atoms with Crippen LogP contribution in [0.15, 0.2) is 72.8 Å². The average molecular weight is 434 g/mol. The summed E-state index contributed by atoms with van der Waals surface area (Å²) in [5.74, 6) is -0.997. The van der Waals surface area contributed by atoms with Gasteiger partial charge in [-0.15, -0.1) is 0 Å². The zero-order chi connectivity index (χ0) is 22.7. The van der Waals surface area contributed by atoms with Crippen molar-refractivity contribution in [2.75, 3.05) is 10.2 Å². The van der Waals surface area contributed by atoms with Crippen molar-refractivity contribution >= 4 is 29.3 Å². The summed E-state index contributed by atoms with van der Waals surface area (Å²) < 4.78 is 32.9. The molecule has 0 aromatic heterocycles. The Morgan fingerprint density at radius 1 is 1.09 bits per heavy atom. The maximum absolute atomic E-state index is 14.2. The van der Waals surface area contributed by atoms with Crippen molar-refractivity contribution in [2.45, 2.75) is 19.6 Å². The summed E-state index contributed by atoms with van der Waals surface area (Å²) in [6.45, 7) is 1.67. The fraction of sp³-hybridized carbons (Fsp3) is 0.120. The number of anilines is 2. The van der Waals surface area contributed by atoms with Gasteiger partial charge in [0.05, 0.1) is 12.2 Å². The largest absolute Gasteiger partial charge is 0.479 e. The number of carbonyl (C=O) groups excluding carboxylic acids is 2. The minimum atomic E-state index is -0.714. The Labute approximate surface area is 183 Å². The van der Waals surface area contributed by atoms with Gasteiger partial charge in [0.25, 0.3) is 5.91 Å². The second-order valence-corrected chi connectivity index (χ2v) is 7.33. The van der Waals surface area contributed by atoms with Crippen molar-refractivity contribution in [3.8, 4) is 5.75 Å². The Morgan fingerprint density at radius 3 is 2.59 bits per heavy atom. The van der Waals surface area contributed by atoms with Crippen molar-refractivity contribution in [2.24, 2.45) is 0 Å². The van der Waals surface area contributed by atoms with Gasteiger partial charge in [0, 0.05) is 17.3 Å². The molecular weight excluding hydrogens is 414 g/mol. The molecule has 3 aromatic rings. The molecule has 0 saturated heterocycles. The molecule has 1 heterocycles. The summed E-state index contributed by atoms with van der Waals surface area (Å²) in [6.07, 6.45) is 2.17. The van der Waals surface area contributed by atoms with Crippen molar-refractivity contribution in [3.05, 3.63) is 95.6 Å². The van der Waals surface area contributed by atoms with E-state index in [1.165, 1.54) is 29.2 Å². The Balaban J connectivity index is 1.55. The molecule has 0 saturated carbocycles. The summed E-state index contributed by atoms with van der Waals surface area (Å²) >= 11 is 0. The van der Waals surface area contributed by atoms with Gasteiger partial charge in [-0.25, -0.2) is 8.78 Å². The van der Waals surface area contributed by atoms with Gasteiger partial charge in [-0.3, -0.25) is 9.59 Å². The molecule has 0 fully saturated rings. The fourth-order valence-electron chi connectivity index (χ4n) is 3.37. The number of nitrogens with zero attached hydrogens (tertiary/aromatic N) is 1. The van der Waals surface area contributed by atoms with Gasteiger partial charge in [-0.05, 0) is 55.0 Å². The van der Waals surface area contributed by atoms with Crippen molar-refractivity contribution in [3.63, 3.8) is 0 Å². The van der Waals surface area contributed by atoms with Gasteiger partial charge in [0.1, 0.15) is 17.4 Å². The SMILES string of the molecule is CC1Oc2ccc(NC(=O)/C=C/c3ccc(F)cc3)cc2N(Cc2ccccc2F)C1=O. The molecule has 3 aromatic carbocycles. The van der Waals surface area contributed by atoms with Gasteiger partial charge < -0.3 is 15.0 Å². The van der Waals surface area contributed by atoms with E-state index >= 15 is 0 Å². The minimum Gasteiger partial charge on any atom is -0.479 e.